The summed E-state index contributed by atoms with van der Waals surface area (Å²) in [4.78, 5) is 31.3. The van der Waals surface area contributed by atoms with Crippen molar-refractivity contribution in [3.05, 3.63) is 52.9 Å². The van der Waals surface area contributed by atoms with Gasteiger partial charge < -0.3 is 19.2 Å². The maximum atomic E-state index is 12.9. The molecule has 2 fully saturated rings. The minimum atomic E-state index is -0.0126. The van der Waals surface area contributed by atoms with Gasteiger partial charge >= 0.3 is 6.03 Å². The third kappa shape index (κ3) is 3.61. The molecule has 2 saturated heterocycles. The van der Waals surface area contributed by atoms with E-state index in [1.807, 2.05) is 34.9 Å². The molecule has 0 N–H and O–H groups in total. The Hall–Kier alpha value is -2.83. The van der Waals surface area contributed by atoms with Gasteiger partial charge in [0.25, 0.3) is 0 Å². The van der Waals surface area contributed by atoms with E-state index in [1.54, 1.807) is 19.0 Å². The molecule has 3 heterocycles. The van der Waals surface area contributed by atoms with Gasteiger partial charge in [-0.1, -0.05) is 29.4 Å². The minimum absolute atomic E-state index is 0.0126. The van der Waals surface area contributed by atoms with Crippen molar-refractivity contribution >= 4 is 11.9 Å². The molecule has 2 aliphatic rings. The molecule has 2 aliphatic heterocycles. The number of aryl methyl sites for hydroxylation is 2. The van der Waals surface area contributed by atoms with Gasteiger partial charge in [0.15, 0.2) is 0 Å². The summed E-state index contributed by atoms with van der Waals surface area (Å²) in [6, 6.07) is 10.1. The summed E-state index contributed by atoms with van der Waals surface area (Å²) < 4.78 is 5.21. The minimum Gasteiger partial charge on any atom is -0.361 e. The molecule has 0 spiro atoms. The van der Waals surface area contributed by atoms with Gasteiger partial charge in [0.05, 0.1) is 18.2 Å². The molecule has 0 radical (unpaired) electrons. The standard InChI is InChI=1S/C22H28N4O3/c1-14-7-5-6-8-18(14)21-19-13-25(20(27)10-17-9-15(2)23-29-17)11-16(19)12-26(21)22(28)24(3)4/h5-9,16,19,21H,10-13H2,1-4H3/t16-,19-,21+/m1/s1. The summed E-state index contributed by atoms with van der Waals surface area (Å²) in [5.74, 6) is 1.18. The first kappa shape index (κ1) is 19.5. The van der Waals surface area contributed by atoms with Crippen molar-refractivity contribution in [2.24, 2.45) is 11.8 Å². The summed E-state index contributed by atoms with van der Waals surface area (Å²) in [5, 5.41) is 3.87. The monoisotopic (exact) mass is 396 g/mol. The van der Waals surface area contributed by atoms with Crippen LogP contribution in [0.2, 0.25) is 0 Å². The predicted molar refractivity (Wildman–Crippen MR) is 108 cm³/mol. The molecule has 2 aromatic rings. The molecule has 1 aromatic heterocycles. The average molecular weight is 396 g/mol. The quantitative estimate of drug-likeness (QED) is 0.800. The molecular formula is C22H28N4O3. The number of urea groups is 1. The Balaban J connectivity index is 1.56. The summed E-state index contributed by atoms with van der Waals surface area (Å²) in [6.45, 7) is 5.95. The maximum Gasteiger partial charge on any atom is 0.320 e. The molecule has 29 heavy (non-hydrogen) atoms. The molecule has 0 aliphatic carbocycles. The first-order valence-corrected chi connectivity index (χ1v) is 10.1. The second-order valence-corrected chi connectivity index (χ2v) is 8.46. The number of likely N-dealkylation sites (tertiary alicyclic amines) is 2. The van der Waals surface area contributed by atoms with Crippen LogP contribution in [0.25, 0.3) is 0 Å². The Morgan fingerprint density at radius 3 is 2.59 bits per heavy atom. The number of rotatable bonds is 3. The number of carbonyl (C=O) groups is 2. The van der Waals surface area contributed by atoms with Crippen LogP contribution in [0.4, 0.5) is 4.79 Å². The lowest BCUT2D eigenvalue weighted by atomic mass is 9.88. The normalized spacial score (nSPS) is 23.4. The first-order chi connectivity index (χ1) is 13.8. The van der Waals surface area contributed by atoms with Gasteiger partial charge in [-0.2, -0.15) is 0 Å². The van der Waals surface area contributed by atoms with Gasteiger partial charge in [0.2, 0.25) is 5.91 Å². The highest BCUT2D eigenvalue weighted by Gasteiger charge is 2.50. The second-order valence-electron chi connectivity index (χ2n) is 8.46. The van der Waals surface area contributed by atoms with E-state index in [9.17, 15) is 9.59 Å². The second kappa shape index (κ2) is 7.54. The van der Waals surface area contributed by atoms with E-state index in [-0.39, 0.29) is 36.2 Å². The van der Waals surface area contributed by atoms with Crippen molar-refractivity contribution in [3.8, 4) is 0 Å². The van der Waals surface area contributed by atoms with Gasteiger partial charge in [-0.05, 0) is 25.0 Å². The fourth-order valence-corrected chi connectivity index (χ4v) is 4.78. The Bertz CT molecular complexity index is 922. The maximum absolute atomic E-state index is 12.9. The Morgan fingerprint density at radius 2 is 1.93 bits per heavy atom. The van der Waals surface area contributed by atoms with Crippen LogP contribution in [0, 0.1) is 25.7 Å². The number of fused-ring (bicyclic) bond motifs is 1. The summed E-state index contributed by atoms with van der Waals surface area (Å²) >= 11 is 0. The van der Waals surface area contributed by atoms with Crippen molar-refractivity contribution in [3.63, 3.8) is 0 Å². The van der Waals surface area contributed by atoms with E-state index < -0.39 is 0 Å². The van der Waals surface area contributed by atoms with Crippen LogP contribution in [0.15, 0.2) is 34.9 Å². The fourth-order valence-electron chi connectivity index (χ4n) is 4.78. The third-order valence-corrected chi connectivity index (χ3v) is 6.15. The van der Waals surface area contributed by atoms with Crippen molar-refractivity contribution in [1.82, 2.24) is 19.9 Å². The van der Waals surface area contributed by atoms with Crippen molar-refractivity contribution in [1.29, 1.82) is 0 Å². The molecular weight excluding hydrogens is 368 g/mol. The number of hydrogen-bond donors (Lipinski definition) is 0. The van der Waals surface area contributed by atoms with E-state index in [4.69, 9.17) is 4.52 Å². The molecule has 7 heteroatoms. The number of aromatic nitrogens is 1. The molecule has 0 unspecified atom stereocenters. The van der Waals surface area contributed by atoms with Gasteiger partial charge in [0, 0.05) is 51.6 Å². The van der Waals surface area contributed by atoms with Gasteiger partial charge in [-0.3, -0.25) is 4.79 Å². The number of carbonyl (C=O) groups excluding carboxylic acids is 2. The van der Waals surface area contributed by atoms with Gasteiger partial charge in [-0.15, -0.1) is 0 Å². The Labute approximate surface area is 171 Å². The highest BCUT2D eigenvalue weighted by atomic mass is 16.5. The zero-order valence-corrected chi connectivity index (χ0v) is 17.5. The Morgan fingerprint density at radius 1 is 1.17 bits per heavy atom. The van der Waals surface area contributed by atoms with Crippen LogP contribution in [0.3, 0.4) is 0 Å². The SMILES string of the molecule is Cc1cc(CC(=O)N2C[C@@H]3CN(C(=O)N(C)C)[C@@H](c4ccccc4C)[C@@H]3C2)on1. The van der Waals surface area contributed by atoms with Crippen molar-refractivity contribution in [2.45, 2.75) is 26.3 Å². The topological polar surface area (TPSA) is 69.9 Å². The zero-order chi connectivity index (χ0) is 20.7. The van der Waals surface area contributed by atoms with Crippen LogP contribution in [0.5, 0.6) is 0 Å². The highest BCUT2D eigenvalue weighted by molar-refractivity contribution is 5.79. The van der Waals surface area contributed by atoms with Gasteiger partial charge in [0.1, 0.15) is 5.76 Å². The summed E-state index contributed by atoms with van der Waals surface area (Å²) in [6.07, 6.45) is 0.232. The van der Waals surface area contributed by atoms with Crippen LogP contribution in [0.1, 0.15) is 28.6 Å². The third-order valence-electron chi connectivity index (χ3n) is 6.15. The molecule has 4 rings (SSSR count). The highest BCUT2D eigenvalue weighted by Crippen LogP contribution is 2.46. The smallest absolute Gasteiger partial charge is 0.320 e. The van der Waals surface area contributed by atoms with E-state index in [0.717, 1.165) is 5.69 Å². The van der Waals surface area contributed by atoms with Crippen LogP contribution >= 0.6 is 0 Å². The van der Waals surface area contributed by atoms with Gasteiger partial charge in [-0.25, -0.2) is 4.79 Å². The first-order valence-electron chi connectivity index (χ1n) is 10.1. The molecule has 1 aromatic carbocycles. The van der Waals surface area contributed by atoms with Crippen molar-refractivity contribution in [2.75, 3.05) is 33.7 Å². The lowest BCUT2D eigenvalue weighted by Crippen LogP contribution is -2.42. The predicted octanol–water partition coefficient (Wildman–Crippen LogP) is 2.65. The lowest BCUT2D eigenvalue weighted by molar-refractivity contribution is -0.130. The molecule has 0 bridgehead atoms. The Kier molecular flexibility index (Phi) is 5.06. The fraction of sp³-hybridized carbons (Fsp3) is 0.500. The molecule has 0 saturated carbocycles. The molecule has 7 nitrogen and oxygen atoms in total. The van der Waals surface area contributed by atoms with Crippen LogP contribution in [-0.2, 0) is 11.2 Å². The van der Waals surface area contributed by atoms with E-state index >= 15 is 0 Å². The average Bonchev–Trinajstić information content (AvgIpc) is 3.36. The van der Waals surface area contributed by atoms with E-state index in [2.05, 4.69) is 24.2 Å². The zero-order valence-electron chi connectivity index (χ0n) is 17.5. The number of benzene rings is 1. The largest absolute Gasteiger partial charge is 0.361 e. The molecule has 3 atom stereocenters. The summed E-state index contributed by atoms with van der Waals surface area (Å²) in [7, 11) is 3.58. The number of nitrogens with zero attached hydrogens (tertiary/aromatic N) is 4. The van der Waals surface area contributed by atoms with E-state index in [1.165, 1.54) is 11.1 Å². The van der Waals surface area contributed by atoms with Crippen LogP contribution in [-0.4, -0.2) is 65.5 Å². The van der Waals surface area contributed by atoms with E-state index in [0.29, 0.717) is 25.4 Å². The summed E-state index contributed by atoms with van der Waals surface area (Å²) in [5.41, 5.74) is 3.13. The number of amides is 3. The van der Waals surface area contributed by atoms with Crippen molar-refractivity contribution < 1.29 is 14.1 Å². The molecule has 154 valence electrons. The lowest BCUT2D eigenvalue weighted by Gasteiger charge is -2.32. The number of hydrogen-bond acceptors (Lipinski definition) is 4. The van der Waals surface area contributed by atoms with Crippen LogP contribution < -0.4 is 0 Å². The molecule has 3 amide bonds.